The van der Waals surface area contributed by atoms with Crippen LogP contribution in [0.25, 0.3) is 10.8 Å². The molecule has 4 aromatic rings. The quantitative estimate of drug-likeness (QED) is 0.115. The molecule has 0 fully saturated rings. The van der Waals surface area contributed by atoms with Crippen molar-refractivity contribution in [2.75, 3.05) is 13.3 Å². The summed E-state index contributed by atoms with van der Waals surface area (Å²) in [6, 6.07) is 34.4. The molecule has 0 bridgehead atoms. The van der Waals surface area contributed by atoms with Gasteiger partial charge in [0.2, 0.25) is 0 Å². The molecule has 0 atom stereocenters. The summed E-state index contributed by atoms with van der Waals surface area (Å²) in [5, 5.41) is 4.26. The van der Waals surface area contributed by atoms with Gasteiger partial charge in [0.1, 0.15) is 0 Å². The van der Waals surface area contributed by atoms with Crippen molar-refractivity contribution in [1.82, 2.24) is 0 Å². The summed E-state index contributed by atoms with van der Waals surface area (Å²) in [4.78, 5) is 0. The molecule has 5 rings (SSSR count). The molecule has 37 heavy (non-hydrogen) atoms. The minimum atomic E-state index is 0. The van der Waals surface area contributed by atoms with Gasteiger partial charge >= 0.3 is 0 Å². The van der Waals surface area contributed by atoms with Crippen LogP contribution in [-0.4, -0.2) is 13.3 Å². The molecule has 0 unspecified atom stereocenters. The molecule has 192 valence electrons. The molecule has 0 aromatic heterocycles. The summed E-state index contributed by atoms with van der Waals surface area (Å²) in [5.41, 5.74) is 7.22. The van der Waals surface area contributed by atoms with Crippen molar-refractivity contribution < 1.29 is 25.8 Å². The third kappa shape index (κ3) is 9.38. The first-order valence-corrected chi connectivity index (χ1v) is 15.1. The number of hydrogen-bond acceptors (Lipinski definition) is 0. The number of benzene rings is 3. The van der Waals surface area contributed by atoms with Crippen LogP contribution in [0.4, 0.5) is 0 Å². The van der Waals surface area contributed by atoms with E-state index in [9.17, 15) is 0 Å². The topological polar surface area (TPSA) is 0 Å². The van der Waals surface area contributed by atoms with Crippen molar-refractivity contribution in [1.29, 1.82) is 0 Å². The Balaban J connectivity index is 0.000000195. The predicted octanol–water partition coefficient (Wildman–Crippen LogP) is 9.51. The Labute approximate surface area is 245 Å². The Kier molecular flexibility index (Phi) is 12.5. The van der Waals surface area contributed by atoms with Crippen molar-refractivity contribution in [2.45, 2.75) is 47.5 Å². The van der Waals surface area contributed by atoms with E-state index in [2.05, 4.69) is 151 Å². The van der Waals surface area contributed by atoms with Crippen molar-refractivity contribution in [3.8, 4) is 0 Å². The molecule has 0 N–H and O–H groups in total. The number of rotatable bonds is 4. The van der Waals surface area contributed by atoms with Gasteiger partial charge in [0.05, 0.1) is 0 Å². The standard InChI is InChI=1S/C14H14.C11H12P.C10H15.Hf/c1-3-7-13(8-4-1)11-12-14-9-5-2-6-10-14;1-12(2)11-7-9-5-3-4-6-10(9)8-11;1-7-6-10(4,5)9(3)8(7)2;/h1-10H,11-12H2;3-8H,1-2H3;1-5H3;/q;2*-1;. The molecule has 0 heterocycles. The van der Waals surface area contributed by atoms with Gasteiger partial charge in [-0.1, -0.05) is 99.8 Å². The molecule has 0 radical (unpaired) electrons. The second-order valence-corrected chi connectivity index (χ2v) is 12.6. The van der Waals surface area contributed by atoms with Gasteiger partial charge in [-0.05, 0) is 37.3 Å². The van der Waals surface area contributed by atoms with Crippen LogP contribution in [0.5, 0.6) is 0 Å². The van der Waals surface area contributed by atoms with Gasteiger partial charge in [0, 0.05) is 25.8 Å². The van der Waals surface area contributed by atoms with E-state index in [0.29, 0.717) is 0 Å². The monoisotopic (exact) mass is 672 g/mol. The van der Waals surface area contributed by atoms with E-state index < -0.39 is 0 Å². The normalized spacial score (nSPS) is 13.8. The molecule has 1 aliphatic carbocycles. The summed E-state index contributed by atoms with van der Waals surface area (Å²) in [7, 11) is 0.0576. The van der Waals surface area contributed by atoms with E-state index in [1.807, 2.05) is 0 Å². The second-order valence-electron chi connectivity index (χ2n) is 10.3. The maximum Gasteiger partial charge on any atom is 0 e. The van der Waals surface area contributed by atoms with Crippen LogP contribution in [0, 0.1) is 11.5 Å². The Hall–Kier alpha value is -1.95. The fraction of sp³-hybridized carbons (Fsp3) is 0.286. The van der Waals surface area contributed by atoms with Gasteiger partial charge in [0.15, 0.2) is 0 Å². The van der Waals surface area contributed by atoms with E-state index >= 15 is 0 Å². The molecule has 0 nitrogen and oxygen atoms in total. The van der Waals surface area contributed by atoms with Crippen LogP contribution in [-0.2, 0) is 38.7 Å². The van der Waals surface area contributed by atoms with E-state index in [1.54, 1.807) is 0 Å². The zero-order valence-corrected chi connectivity index (χ0v) is 28.1. The minimum absolute atomic E-state index is 0. The van der Waals surface area contributed by atoms with Gasteiger partial charge in [-0.15, -0.1) is 55.2 Å². The Morgan fingerprint density at radius 2 is 1.22 bits per heavy atom. The Morgan fingerprint density at radius 3 is 1.59 bits per heavy atom. The second kappa shape index (κ2) is 14.8. The molecule has 0 saturated carbocycles. The van der Waals surface area contributed by atoms with E-state index in [-0.39, 0.29) is 39.2 Å². The van der Waals surface area contributed by atoms with Crippen LogP contribution in [0.2, 0.25) is 0 Å². The van der Waals surface area contributed by atoms with Crippen LogP contribution >= 0.6 is 7.92 Å². The molecular weight excluding hydrogens is 630 g/mol. The maximum absolute atomic E-state index is 3.44. The molecule has 0 spiro atoms. The van der Waals surface area contributed by atoms with Crippen molar-refractivity contribution in [3.63, 3.8) is 0 Å². The number of allylic oxidation sites excluding steroid dienone is 4. The fourth-order valence-electron chi connectivity index (χ4n) is 4.38. The molecule has 2 heteroatoms. The predicted molar refractivity (Wildman–Crippen MR) is 163 cm³/mol. The summed E-state index contributed by atoms with van der Waals surface area (Å²) in [6.45, 7) is 15.5. The van der Waals surface area contributed by atoms with Gasteiger partial charge in [-0.2, -0.15) is 17.2 Å². The van der Waals surface area contributed by atoms with Gasteiger partial charge < -0.3 is 0 Å². The summed E-state index contributed by atoms with van der Waals surface area (Å²) in [5.74, 6) is 0. The molecule has 4 aromatic carbocycles. The van der Waals surface area contributed by atoms with Crippen LogP contribution < -0.4 is 5.30 Å². The first kappa shape index (κ1) is 31.3. The van der Waals surface area contributed by atoms with Gasteiger partial charge in [-0.3, -0.25) is 6.08 Å². The van der Waals surface area contributed by atoms with E-state index in [1.165, 1.54) is 43.9 Å². The van der Waals surface area contributed by atoms with Crippen LogP contribution in [0.3, 0.4) is 0 Å². The molecule has 0 saturated heterocycles. The van der Waals surface area contributed by atoms with Crippen LogP contribution in [0.15, 0.2) is 114 Å². The average Bonchev–Trinajstić information content (AvgIpc) is 3.40. The van der Waals surface area contributed by atoms with Crippen molar-refractivity contribution >= 4 is 24.0 Å². The molecule has 0 aliphatic heterocycles. The van der Waals surface area contributed by atoms with Crippen LogP contribution in [0.1, 0.15) is 45.7 Å². The summed E-state index contributed by atoms with van der Waals surface area (Å²) >= 11 is 0. The van der Waals surface area contributed by atoms with E-state index in [0.717, 1.165) is 12.8 Å². The zero-order chi connectivity index (χ0) is 26.1. The first-order valence-electron chi connectivity index (χ1n) is 12.9. The zero-order valence-electron chi connectivity index (χ0n) is 23.6. The first-order chi connectivity index (χ1) is 17.2. The largest absolute Gasteiger partial charge is 0.263 e. The molecular formula is C35H41HfP-2. The minimum Gasteiger partial charge on any atom is -0.263 e. The average molecular weight is 671 g/mol. The third-order valence-electron chi connectivity index (χ3n) is 7.07. The number of aryl methyl sites for hydroxylation is 2. The molecule has 1 aliphatic rings. The Morgan fingerprint density at radius 1 is 0.730 bits per heavy atom. The van der Waals surface area contributed by atoms with Gasteiger partial charge in [-0.25, -0.2) is 5.57 Å². The van der Waals surface area contributed by atoms with Crippen molar-refractivity contribution in [3.05, 3.63) is 131 Å². The Bertz CT molecular complexity index is 1220. The van der Waals surface area contributed by atoms with Gasteiger partial charge in [0.25, 0.3) is 0 Å². The van der Waals surface area contributed by atoms with Crippen molar-refractivity contribution in [2.24, 2.45) is 5.41 Å². The molecule has 0 amide bonds. The third-order valence-corrected chi connectivity index (χ3v) is 8.36. The maximum atomic E-state index is 3.44. The summed E-state index contributed by atoms with van der Waals surface area (Å²) in [6.07, 6.45) is 5.69. The fourth-order valence-corrected chi connectivity index (χ4v) is 5.17. The smallest absolute Gasteiger partial charge is 0 e. The summed E-state index contributed by atoms with van der Waals surface area (Å²) < 4.78 is 0. The van der Waals surface area contributed by atoms with E-state index in [4.69, 9.17) is 0 Å². The number of fused-ring (bicyclic) bond motifs is 1. The SMILES string of the molecule is CC1=[C-]C(C)(C)C(C)=C1C.CP(C)c1cc2ccccc2[cH-]1.[Hf].c1ccc(CCc2ccccc2)cc1. The number of hydrogen-bond donors (Lipinski definition) is 0.